The molecule has 1 rings (SSSR count). The Morgan fingerprint density at radius 3 is 2.23 bits per heavy atom. The molecular weight excluding hydrogens is 334 g/mol. The molecule has 144 valence electrons. The smallest absolute Gasteiger partial charge is 0.408 e. The van der Waals surface area contributed by atoms with E-state index in [2.05, 4.69) is 5.32 Å². The summed E-state index contributed by atoms with van der Waals surface area (Å²) in [6, 6.07) is 8.31. The fourth-order valence-electron chi connectivity index (χ4n) is 2.10. The maximum Gasteiger partial charge on any atom is 0.408 e. The van der Waals surface area contributed by atoms with Gasteiger partial charge in [0, 0.05) is 12.3 Å². The molecule has 0 radical (unpaired) electrons. The maximum absolute atomic E-state index is 12.4. The number of carbonyl (C=O) groups is 3. The summed E-state index contributed by atoms with van der Waals surface area (Å²) in [6.45, 7) is 8.90. The minimum absolute atomic E-state index is 0.0249. The minimum atomic E-state index is -0.934. The van der Waals surface area contributed by atoms with E-state index >= 15 is 0 Å². The highest BCUT2D eigenvalue weighted by molar-refractivity contribution is 5.84. The number of alkyl carbamates (subject to hydrolysis) is 1. The van der Waals surface area contributed by atoms with Crippen molar-refractivity contribution in [2.75, 3.05) is 0 Å². The monoisotopic (exact) mass is 363 g/mol. The third-order valence-electron chi connectivity index (χ3n) is 3.52. The van der Waals surface area contributed by atoms with Crippen molar-refractivity contribution in [3.63, 3.8) is 0 Å². The van der Waals surface area contributed by atoms with E-state index in [1.165, 1.54) is 0 Å². The highest BCUT2D eigenvalue weighted by Crippen LogP contribution is 2.11. The van der Waals surface area contributed by atoms with E-state index in [0.717, 1.165) is 5.56 Å². The van der Waals surface area contributed by atoms with Gasteiger partial charge in [0.2, 0.25) is 0 Å². The van der Waals surface area contributed by atoms with Crippen molar-refractivity contribution in [1.82, 2.24) is 5.32 Å². The number of benzene rings is 1. The molecule has 0 bridgehead atoms. The molecule has 0 aliphatic rings. The number of ketones is 1. The van der Waals surface area contributed by atoms with Gasteiger partial charge in [-0.25, -0.2) is 9.59 Å². The Bertz CT molecular complexity index is 604. The number of amides is 1. The van der Waals surface area contributed by atoms with Crippen molar-refractivity contribution >= 4 is 17.8 Å². The molecule has 0 heterocycles. The molecule has 26 heavy (non-hydrogen) atoms. The molecule has 0 saturated heterocycles. The van der Waals surface area contributed by atoms with Gasteiger partial charge in [-0.05, 0) is 32.8 Å². The van der Waals surface area contributed by atoms with Gasteiger partial charge in [-0.3, -0.25) is 4.79 Å². The summed E-state index contributed by atoms with van der Waals surface area (Å²) in [4.78, 5) is 36.3. The lowest BCUT2D eigenvalue weighted by Crippen LogP contribution is -2.44. The lowest BCUT2D eigenvalue weighted by Gasteiger charge is -2.23. The van der Waals surface area contributed by atoms with Gasteiger partial charge in [0.05, 0.1) is 0 Å². The molecule has 6 nitrogen and oxygen atoms in total. The predicted octanol–water partition coefficient (Wildman–Crippen LogP) is 3.63. The Hall–Kier alpha value is -2.37. The molecule has 1 N–H and O–H groups in total. The number of rotatable bonds is 8. The summed E-state index contributed by atoms with van der Waals surface area (Å²) < 4.78 is 10.5. The lowest BCUT2D eigenvalue weighted by molar-refractivity contribution is -0.147. The van der Waals surface area contributed by atoms with Crippen molar-refractivity contribution in [1.29, 1.82) is 0 Å². The molecule has 0 spiro atoms. The highest BCUT2D eigenvalue weighted by Gasteiger charge is 2.26. The van der Waals surface area contributed by atoms with Crippen LogP contribution in [-0.2, 0) is 25.7 Å². The van der Waals surface area contributed by atoms with E-state index < -0.39 is 23.7 Å². The van der Waals surface area contributed by atoms with Gasteiger partial charge in [0.15, 0.2) is 0 Å². The Balaban J connectivity index is 2.69. The van der Waals surface area contributed by atoms with Crippen LogP contribution in [0.5, 0.6) is 0 Å². The first-order chi connectivity index (χ1) is 12.1. The molecule has 1 amide bonds. The van der Waals surface area contributed by atoms with E-state index in [-0.39, 0.29) is 31.1 Å². The van der Waals surface area contributed by atoms with Gasteiger partial charge in [-0.1, -0.05) is 44.2 Å². The van der Waals surface area contributed by atoms with Gasteiger partial charge in [0.1, 0.15) is 24.0 Å². The predicted molar refractivity (Wildman–Crippen MR) is 98.5 cm³/mol. The van der Waals surface area contributed by atoms with Crippen LogP contribution in [0.25, 0.3) is 0 Å². The van der Waals surface area contributed by atoms with Crippen LogP contribution >= 0.6 is 0 Å². The second-order valence-electron chi connectivity index (χ2n) is 7.45. The average Bonchev–Trinajstić information content (AvgIpc) is 2.55. The number of nitrogens with one attached hydrogen (secondary N) is 1. The summed E-state index contributed by atoms with van der Waals surface area (Å²) in [5, 5.41) is 2.52. The van der Waals surface area contributed by atoms with Crippen LogP contribution < -0.4 is 5.32 Å². The molecular formula is C20H29NO5. The number of ether oxygens (including phenoxy) is 2. The Morgan fingerprint density at radius 1 is 1.08 bits per heavy atom. The van der Waals surface area contributed by atoms with Crippen molar-refractivity contribution in [2.45, 2.75) is 65.7 Å². The number of Topliss-reactive ketones (excluding diaryl/α,β-unsaturated/α-hetero) is 1. The fourth-order valence-corrected chi connectivity index (χ4v) is 2.10. The van der Waals surface area contributed by atoms with Crippen LogP contribution in [0, 0.1) is 5.92 Å². The first-order valence-corrected chi connectivity index (χ1v) is 8.81. The van der Waals surface area contributed by atoms with Gasteiger partial charge in [-0.15, -0.1) is 0 Å². The van der Waals surface area contributed by atoms with Crippen molar-refractivity contribution < 1.29 is 23.9 Å². The Kier molecular flexibility index (Phi) is 8.29. The zero-order chi connectivity index (χ0) is 19.7. The van der Waals surface area contributed by atoms with E-state index in [9.17, 15) is 14.4 Å². The van der Waals surface area contributed by atoms with Gasteiger partial charge in [0.25, 0.3) is 0 Å². The molecule has 6 heteroatoms. The van der Waals surface area contributed by atoms with Crippen LogP contribution in [0.3, 0.4) is 0 Å². The molecule has 1 aromatic rings. The number of carbonyl (C=O) groups excluding carboxylic acids is 3. The summed E-state index contributed by atoms with van der Waals surface area (Å²) in [6.07, 6.45) is -0.362. The molecule has 1 atom stereocenters. The number of esters is 1. The molecule has 0 aliphatic heterocycles. The molecule has 0 saturated carbocycles. The standard InChI is InChI=1S/C20H29NO5/c1-14(2)17(22)12-11-16(21-19(24)26-20(3,4)5)18(23)25-13-15-9-7-6-8-10-15/h6-10,14,16H,11-13H2,1-5H3,(H,21,24). The van der Waals surface area contributed by atoms with Crippen LogP contribution in [0.15, 0.2) is 30.3 Å². The van der Waals surface area contributed by atoms with E-state index in [1.54, 1.807) is 34.6 Å². The summed E-state index contributed by atoms with van der Waals surface area (Å²) in [5.41, 5.74) is 0.159. The zero-order valence-electron chi connectivity index (χ0n) is 16.2. The zero-order valence-corrected chi connectivity index (χ0v) is 16.2. The van der Waals surface area contributed by atoms with Crippen LogP contribution in [0.4, 0.5) is 4.79 Å². The van der Waals surface area contributed by atoms with Crippen molar-refractivity contribution in [3.05, 3.63) is 35.9 Å². The highest BCUT2D eigenvalue weighted by atomic mass is 16.6. The first kappa shape index (κ1) is 21.7. The Morgan fingerprint density at radius 2 is 1.69 bits per heavy atom. The third kappa shape index (κ3) is 8.65. The van der Waals surface area contributed by atoms with E-state index in [1.807, 2.05) is 30.3 Å². The summed E-state index contributed by atoms with van der Waals surface area (Å²) in [7, 11) is 0. The lowest BCUT2D eigenvalue weighted by atomic mass is 10.0. The molecule has 0 aromatic heterocycles. The SMILES string of the molecule is CC(C)C(=O)CCC(NC(=O)OC(C)(C)C)C(=O)OCc1ccccc1. The second kappa shape index (κ2) is 9.94. The molecule has 1 aromatic carbocycles. The molecule has 0 aliphatic carbocycles. The van der Waals surface area contributed by atoms with Crippen molar-refractivity contribution in [2.24, 2.45) is 5.92 Å². The first-order valence-electron chi connectivity index (χ1n) is 8.81. The average molecular weight is 363 g/mol. The summed E-state index contributed by atoms with van der Waals surface area (Å²) in [5.74, 6) is -0.689. The van der Waals surface area contributed by atoms with Gasteiger partial charge < -0.3 is 14.8 Å². The van der Waals surface area contributed by atoms with E-state index in [4.69, 9.17) is 9.47 Å². The fraction of sp³-hybridized carbons (Fsp3) is 0.550. The normalized spacial score (nSPS) is 12.4. The molecule has 0 fully saturated rings. The topological polar surface area (TPSA) is 81.7 Å². The third-order valence-corrected chi connectivity index (χ3v) is 3.52. The Labute approximate surface area is 155 Å². The second-order valence-corrected chi connectivity index (χ2v) is 7.45. The number of hydrogen-bond donors (Lipinski definition) is 1. The summed E-state index contributed by atoms with van der Waals surface area (Å²) >= 11 is 0. The van der Waals surface area contributed by atoms with Crippen molar-refractivity contribution in [3.8, 4) is 0 Å². The van der Waals surface area contributed by atoms with Gasteiger partial charge in [-0.2, -0.15) is 0 Å². The minimum Gasteiger partial charge on any atom is -0.459 e. The van der Waals surface area contributed by atoms with Crippen LogP contribution in [0.2, 0.25) is 0 Å². The quantitative estimate of drug-likeness (QED) is 0.713. The maximum atomic E-state index is 12.4. The van der Waals surface area contributed by atoms with Crippen LogP contribution in [-0.4, -0.2) is 29.5 Å². The van der Waals surface area contributed by atoms with E-state index in [0.29, 0.717) is 0 Å². The number of hydrogen-bond acceptors (Lipinski definition) is 5. The van der Waals surface area contributed by atoms with Gasteiger partial charge >= 0.3 is 12.1 Å². The molecule has 1 unspecified atom stereocenters. The van der Waals surface area contributed by atoms with Crippen LogP contribution in [0.1, 0.15) is 53.0 Å². The largest absolute Gasteiger partial charge is 0.459 e.